The molecule has 0 saturated carbocycles. The second-order valence-corrected chi connectivity index (χ2v) is 7.86. The van der Waals surface area contributed by atoms with Gasteiger partial charge in [0.1, 0.15) is 11.0 Å². The standard InChI is InChI=1S/C21H19N3O3S/c1-12-4-9-16-13(2)22-21(23-17(16)10-12)28-18-11-19(25)24(20(18)26)14-5-7-15(27-3)8-6-14/h4-10,18H,11H2,1-3H3/t18-/m1/s1. The lowest BCUT2D eigenvalue weighted by Gasteiger charge is -2.15. The summed E-state index contributed by atoms with van der Waals surface area (Å²) in [6.07, 6.45) is 0.129. The van der Waals surface area contributed by atoms with E-state index in [-0.39, 0.29) is 18.2 Å². The Morgan fingerprint density at radius 3 is 2.54 bits per heavy atom. The number of methoxy groups -OCH3 is 1. The van der Waals surface area contributed by atoms with Crippen LogP contribution >= 0.6 is 11.8 Å². The highest BCUT2D eigenvalue weighted by Crippen LogP contribution is 2.34. The van der Waals surface area contributed by atoms with Gasteiger partial charge in [-0.1, -0.05) is 23.9 Å². The lowest BCUT2D eigenvalue weighted by Crippen LogP contribution is -2.31. The molecule has 3 aromatic rings. The molecule has 142 valence electrons. The van der Waals surface area contributed by atoms with Gasteiger partial charge in [0.05, 0.1) is 18.3 Å². The van der Waals surface area contributed by atoms with Crippen molar-refractivity contribution < 1.29 is 14.3 Å². The van der Waals surface area contributed by atoms with Gasteiger partial charge in [0, 0.05) is 17.5 Å². The summed E-state index contributed by atoms with van der Waals surface area (Å²) in [5.41, 5.74) is 3.36. The van der Waals surface area contributed by atoms with Crippen molar-refractivity contribution in [2.75, 3.05) is 12.0 Å². The van der Waals surface area contributed by atoms with Gasteiger partial charge >= 0.3 is 0 Å². The van der Waals surface area contributed by atoms with Crippen molar-refractivity contribution >= 4 is 40.2 Å². The van der Waals surface area contributed by atoms with Crippen LogP contribution < -0.4 is 9.64 Å². The zero-order valence-electron chi connectivity index (χ0n) is 15.8. The summed E-state index contributed by atoms with van der Waals surface area (Å²) in [7, 11) is 1.57. The Kier molecular flexibility index (Phi) is 4.77. The number of carbonyl (C=O) groups excluding carboxylic acids is 2. The molecular formula is C21H19N3O3S. The summed E-state index contributed by atoms with van der Waals surface area (Å²) < 4.78 is 5.13. The Balaban J connectivity index is 1.59. The molecule has 0 N–H and O–H groups in total. The predicted octanol–water partition coefficient (Wildman–Crippen LogP) is 3.68. The van der Waals surface area contributed by atoms with Gasteiger partial charge in [-0.15, -0.1) is 0 Å². The largest absolute Gasteiger partial charge is 0.497 e. The third-order valence-corrected chi connectivity index (χ3v) is 5.75. The van der Waals surface area contributed by atoms with Crippen molar-refractivity contribution in [2.45, 2.75) is 30.7 Å². The number of hydrogen-bond donors (Lipinski definition) is 0. The van der Waals surface area contributed by atoms with Crippen LogP contribution in [0.25, 0.3) is 10.9 Å². The van der Waals surface area contributed by atoms with Crippen LogP contribution in [0.4, 0.5) is 5.69 Å². The fourth-order valence-electron chi connectivity index (χ4n) is 3.25. The topological polar surface area (TPSA) is 72.4 Å². The summed E-state index contributed by atoms with van der Waals surface area (Å²) >= 11 is 1.25. The quantitative estimate of drug-likeness (QED) is 0.497. The minimum atomic E-state index is -0.531. The molecule has 2 aromatic carbocycles. The van der Waals surface area contributed by atoms with Crippen LogP contribution in [-0.2, 0) is 9.59 Å². The number of benzene rings is 2. The molecule has 0 aliphatic carbocycles. The first kappa shape index (κ1) is 18.4. The molecule has 1 aromatic heterocycles. The normalized spacial score (nSPS) is 16.8. The molecule has 0 radical (unpaired) electrons. The highest BCUT2D eigenvalue weighted by Gasteiger charge is 2.40. The molecule has 1 aliphatic heterocycles. The average Bonchev–Trinajstić information content (AvgIpc) is 2.94. The molecule has 6 nitrogen and oxygen atoms in total. The Morgan fingerprint density at radius 2 is 1.82 bits per heavy atom. The van der Waals surface area contributed by atoms with Gasteiger partial charge < -0.3 is 4.74 Å². The Morgan fingerprint density at radius 1 is 1.07 bits per heavy atom. The smallest absolute Gasteiger partial charge is 0.247 e. The maximum Gasteiger partial charge on any atom is 0.247 e. The Labute approximate surface area is 166 Å². The van der Waals surface area contributed by atoms with Gasteiger partial charge in [-0.3, -0.25) is 9.59 Å². The Hall–Kier alpha value is -2.93. The first-order chi connectivity index (χ1) is 13.5. The first-order valence-corrected chi connectivity index (χ1v) is 9.77. The van der Waals surface area contributed by atoms with Crippen molar-refractivity contribution in [2.24, 2.45) is 0 Å². The third-order valence-electron chi connectivity index (χ3n) is 4.71. The van der Waals surface area contributed by atoms with Crippen LogP contribution in [-0.4, -0.2) is 34.1 Å². The van der Waals surface area contributed by atoms with E-state index in [0.29, 0.717) is 16.6 Å². The average molecular weight is 393 g/mol. The molecule has 0 unspecified atom stereocenters. The summed E-state index contributed by atoms with van der Waals surface area (Å²) in [4.78, 5) is 35.7. The van der Waals surface area contributed by atoms with E-state index in [1.807, 2.05) is 32.0 Å². The van der Waals surface area contributed by atoms with Gasteiger partial charge in [0.15, 0.2) is 5.16 Å². The lowest BCUT2D eigenvalue weighted by molar-refractivity contribution is -0.121. The van der Waals surface area contributed by atoms with Crippen molar-refractivity contribution in [3.63, 3.8) is 0 Å². The molecule has 0 bridgehead atoms. The van der Waals surface area contributed by atoms with E-state index in [0.717, 1.165) is 22.2 Å². The van der Waals surface area contributed by atoms with Gasteiger partial charge in [0.2, 0.25) is 11.8 Å². The van der Waals surface area contributed by atoms with Crippen molar-refractivity contribution in [3.8, 4) is 5.75 Å². The number of ether oxygens (including phenoxy) is 1. The maximum atomic E-state index is 12.9. The highest BCUT2D eigenvalue weighted by atomic mass is 32.2. The fraction of sp³-hybridized carbons (Fsp3) is 0.238. The molecule has 2 amide bonds. The van der Waals surface area contributed by atoms with Crippen LogP contribution in [0.15, 0.2) is 47.6 Å². The number of fused-ring (bicyclic) bond motifs is 1. The van der Waals surface area contributed by atoms with Gasteiger partial charge in [-0.2, -0.15) is 0 Å². The minimum Gasteiger partial charge on any atom is -0.497 e. The number of rotatable bonds is 4. The van der Waals surface area contributed by atoms with E-state index in [4.69, 9.17) is 4.74 Å². The van der Waals surface area contributed by atoms with E-state index >= 15 is 0 Å². The number of carbonyl (C=O) groups is 2. The molecule has 1 saturated heterocycles. The van der Waals surface area contributed by atoms with E-state index in [9.17, 15) is 9.59 Å². The van der Waals surface area contributed by atoms with E-state index in [2.05, 4.69) is 9.97 Å². The SMILES string of the molecule is COc1ccc(N2C(=O)C[C@@H](Sc3nc(C)c4ccc(C)cc4n3)C2=O)cc1. The second-order valence-electron chi connectivity index (χ2n) is 6.69. The number of amides is 2. The molecule has 1 aliphatic rings. The molecule has 4 rings (SSSR count). The molecule has 0 spiro atoms. The summed E-state index contributed by atoms with van der Waals surface area (Å²) in [5, 5.41) is 0.971. The zero-order chi connectivity index (χ0) is 19.8. The lowest BCUT2D eigenvalue weighted by atomic mass is 10.1. The maximum absolute atomic E-state index is 12.9. The van der Waals surface area contributed by atoms with E-state index < -0.39 is 5.25 Å². The van der Waals surface area contributed by atoms with E-state index in [1.165, 1.54) is 16.7 Å². The number of thioether (sulfide) groups is 1. The number of aromatic nitrogens is 2. The van der Waals surface area contributed by atoms with Gasteiger partial charge in [0.25, 0.3) is 0 Å². The predicted molar refractivity (Wildman–Crippen MR) is 109 cm³/mol. The number of aryl methyl sites for hydroxylation is 2. The summed E-state index contributed by atoms with van der Waals surface area (Å²) in [6.45, 7) is 3.93. The van der Waals surface area contributed by atoms with Crippen LogP contribution in [0.1, 0.15) is 17.7 Å². The Bertz CT molecular complexity index is 1080. The summed E-state index contributed by atoms with van der Waals surface area (Å²) in [6, 6.07) is 12.9. The number of anilines is 1. The first-order valence-electron chi connectivity index (χ1n) is 8.89. The zero-order valence-corrected chi connectivity index (χ0v) is 16.6. The van der Waals surface area contributed by atoms with Crippen molar-refractivity contribution in [3.05, 3.63) is 53.7 Å². The number of imide groups is 1. The minimum absolute atomic E-state index is 0.129. The van der Waals surface area contributed by atoms with E-state index in [1.54, 1.807) is 31.4 Å². The van der Waals surface area contributed by atoms with Gasteiger partial charge in [-0.25, -0.2) is 14.9 Å². The van der Waals surface area contributed by atoms with Crippen LogP contribution in [0, 0.1) is 13.8 Å². The monoisotopic (exact) mass is 393 g/mol. The number of hydrogen-bond acceptors (Lipinski definition) is 6. The van der Waals surface area contributed by atoms with Gasteiger partial charge in [-0.05, 0) is 49.7 Å². The molecule has 28 heavy (non-hydrogen) atoms. The van der Waals surface area contributed by atoms with Crippen LogP contribution in [0.5, 0.6) is 5.75 Å². The summed E-state index contributed by atoms with van der Waals surface area (Å²) in [5.74, 6) is 0.205. The molecule has 2 heterocycles. The fourth-order valence-corrected chi connectivity index (χ4v) is 4.28. The molecule has 7 heteroatoms. The highest BCUT2D eigenvalue weighted by molar-refractivity contribution is 8.00. The molecule has 1 atom stereocenters. The van der Waals surface area contributed by atoms with Crippen molar-refractivity contribution in [1.29, 1.82) is 0 Å². The molecule has 1 fully saturated rings. The second kappa shape index (κ2) is 7.24. The van der Waals surface area contributed by atoms with Crippen molar-refractivity contribution in [1.82, 2.24) is 9.97 Å². The van der Waals surface area contributed by atoms with Crippen LogP contribution in [0.3, 0.4) is 0 Å². The molecular weight excluding hydrogens is 374 g/mol. The number of nitrogens with zero attached hydrogens (tertiary/aromatic N) is 3. The third kappa shape index (κ3) is 3.33. The van der Waals surface area contributed by atoms with Crippen LogP contribution in [0.2, 0.25) is 0 Å².